The van der Waals surface area contributed by atoms with Crippen molar-refractivity contribution in [2.75, 3.05) is 19.8 Å². The van der Waals surface area contributed by atoms with Crippen LogP contribution in [0.3, 0.4) is 0 Å². The van der Waals surface area contributed by atoms with Gasteiger partial charge in [-0.25, -0.2) is 14.8 Å². The number of nitrogens with one attached hydrogen (secondary N) is 1. The van der Waals surface area contributed by atoms with Crippen molar-refractivity contribution in [2.24, 2.45) is 15.7 Å². The Labute approximate surface area is 823 Å². The van der Waals surface area contributed by atoms with Gasteiger partial charge in [0, 0.05) is 94.5 Å². The Balaban J connectivity index is -0.000000485. The second kappa shape index (κ2) is 74.7. The Bertz CT molecular complexity index is 3900. The Morgan fingerprint density at radius 3 is 1.11 bits per heavy atom. The fourth-order valence-electron chi connectivity index (χ4n) is 13.1. The third kappa shape index (κ3) is 65.0. The van der Waals surface area contributed by atoms with Crippen LogP contribution >= 0.6 is 11.8 Å². The topological polar surface area (TPSA) is 367 Å². The third-order valence-electron chi connectivity index (χ3n) is 20.4. The fraction of sp³-hybridized carbons (Fsp3) is 0.650. The monoisotopic (exact) mass is 2250 g/mol. The molecular weight excluding hydrogens is 2080 g/mol. The van der Waals surface area contributed by atoms with Gasteiger partial charge in [-0.2, -0.15) is 0 Å². The summed E-state index contributed by atoms with van der Waals surface area (Å²) in [5.74, 6) is -0.720. The molecule has 1 fully saturated rings. The predicted octanol–water partition coefficient (Wildman–Crippen LogP) is 26.0. The number of hydrogen-bond acceptors (Lipinski definition) is 22. The van der Waals surface area contributed by atoms with E-state index in [9.17, 15) is 59.1 Å². The molecule has 9 N–H and O–H groups in total. The summed E-state index contributed by atoms with van der Waals surface area (Å²) < 4.78 is 36.0. The number of aldehydes is 4. The number of unbranched alkanes of at least 4 members (excludes halogenated alkanes) is 19. The van der Waals surface area contributed by atoms with Crippen LogP contribution in [0.25, 0.3) is 0 Å². The number of ether oxygens (including phenoxy) is 2. The van der Waals surface area contributed by atoms with Crippen molar-refractivity contribution >= 4 is 78.4 Å². The van der Waals surface area contributed by atoms with Crippen LogP contribution in [0, 0.1) is 0 Å². The molecule has 0 spiro atoms. The quantitative estimate of drug-likeness (QED) is 0.00235. The average molecular weight is 2250 g/mol. The van der Waals surface area contributed by atoms with Crippen molar-refractivity contribution in [2.45, 2.75) is 415 Å². The van der Waals surface area contributed by atoms with E-state index in [1.807, 2.05) is 150 Å². The number of benzene rings is 4. The molecule has 0 aromatic heterocycles. The third-order valence-corrected chi connectivity index (χ3v) is 24.7. The largest absolute Gasteiger partial charge is 0 e. The number of phenols is 5. The van der Waals surface area contributed by atoms with Crippen LogP contribution in [0.4, 0.5) is 0 Å². The number of carbonyl (C=O) groups is 7. The van der Waals surface area contributed by atoms with Crippen molar-refractivity contribution in [3.8, 4) is 40.2 Å². The van der Waals surface area contributed by atoms with Crippen LogP contribution in [-0.4, -0.2) is 141 Å². The van der Waals surface area contributed by atoms with Crippen LogP contribution in [0.2, 0.25) is 25.7 Å². The molecule has 0 amide bonds. The summed E-state index contributed by atoms with van der Waals surface area (Å²) in [6.45, 7) is 60.0. The molecule has 2 atom stereocenters. The van der Waals surface area contributed by atoms with Gasteiger partial charge >= 0.3 is 49.6 Å². The number of hydrogen-bond donors (Lipinski definition) is 8. The van der Waals surface area contributed by atoms with Crippen LogP contribution in [-0.2, 0) is 99.0 Å². The van der Waals surface area contributed by atoms with E-state index in [2.05, 4.69) is 74.4 Å². The van der Waals surface area contributed by atoms with Gasteiger partial charge < -0.3 is 59.1 Å². The number of esters is 2. The predicted molar refractivity (Wildman–Crippen MR) is 534 cm³/mol. The normalized spacial score (nSPS) is 12.9. The molecule has 1 aliphatic carbocycles. The van der Waals surface area contributed by atoms with Crippen molar-refractivity contribution in [1.29, 1.82) is 0 Å². The molecule has 23 nitrogen and oxygen atoms in total. The molecule has 0 saturated heterocycles. The van der Waals surface area contributed by atoms with E-state index in [4.69, 9.17) is 48.8 Å². The molecule has 131 heavy (non-hydrogen) atoms. The average Bonchev–Trinajstić information content (AvgIpc) is 0.797. The summed E-state index contributed by atoms with van der Waals surface area (Å²) in [5.41, 5.74) is 8.90. The number of carbonyl (C=O) groups excluding carboxylic acids is 6. The SMILES string of the molecule is C=CCCCCCCCCC(=O)O.C=CCCCCCCCCC(=O)Oc1cc(C=O)c(O)c(C(C)(C)C)c1.CC(C)(C)c1cc(C=O)c(O)c(C(C)(C)C)c1.CC(C)(C)c1cc(O)cc(C=O)c1O.CC(C)N=C=NC(C)C.CCO[SiH](C)C.CCO[Si](C)(CCCCCCCCCCC(=O)Oc1cc(C=O)c(O)c(C(C)(C)C)c1)OCC.N[C@@H]1CCCC[C@H]1NCl.[O]=[Pt].[Pt]. The van der Waals surface area contributed by atoms with E-state index in [0.29, 0.717) is 90.0 Å². The number of allylic oxidation sites excluding steroid dienone is 2. The number of phenolic OH excluding ortho intramolecular Hbond substituents is 5. The summed E-state index contributed by atoms with van der Waals surface area (Å²) in [4.78, 5) is 89.1. The van der Waals surface area contributed by atoms with Crippen molar-refractivity contribution in [3.63, 3.8) is 0 Å². The Morgan fingerprint density at radius 1 is 0.504 bits per heavy atom. The molecule has 0 heterocycles. The molecule has 0 unspecified atom stereocenters. The van der Waals surface area contributed by atoms with E-state index in [-0.39, 0.29) is 112 Å². The van der Waals surface area contributed by atoms with E-state index in [1.165, 1.54) is 108 Å². The van der Waals surface area contributed by atoms with Gasteiger partial charge in [0.2, 0.25) is 0 Å². The standard InChI is InChI=1S/C27H46O6Si.C22H32O4.C15H22O2.C11H14O3.C11H20O2.C7H14N2.C6H13ClN2.C4H12OSi.O.2Pt/c1-7-31-34(6,32-8-2)18-16-14-12-10-9-11-13-15-17-25(29)33-23-19-22(21-28)26(30)24(20-23)27(3,4)5;1-5-6-7-8-9-10-11-12-13-20(24)26-18-14-17(16-23)21(25)19(15-18)22(2,3)4;1-14(2,3)11-7-10(9-16)13(17)12(8-11)15(4,5)6;1-11(2,3)9-5-8(13)4-7(6-12)10(9)14;1-2-3-4-5-6-7-8-9-10-11(12)13;1-6(2)8-5-9-7(3)4;7-9-6-4-2-1-3-5(6)8;1-4-5-6(2)3;;;/h19-21,30H,7-18H2,1-6H3;5,14-16,25H,1,6-13H2,2-4H3;7-9,17H,1-6H3;4-6,13-14H,1-3H3;2H,1,3-10H2,(H,12,13);6-7H,1-4H3;5-6,9H,1-4,8H2;6H,4H2,1-3H3;;;/t;;;;;;5-,6-;;;;/m......1..../s1. The number of aliphatic carboxylic acids is 1. The number of rotatable bonds is 44. The summed E-state index contributed by atoms with van der Waals surface area (Å²) in [7, 11) is -2.64. The van der Waals surface area contributed by atoms with E-state index in [1.54, 1.807) is 18.2 Å². The minimum absolute atomic E-state index is 0. The minimum Gasteiger partial charge on any atom is 0 e. The molecule has 754 valence electrons. The molecule has 28 heteroatoms. The number of aliphatic imine (C=N–C) groups is 2. The summed E-state index contributed by atoms with van der Waals surface area (Å²) in [5, 5.41) is 58.0. The van der Waals surface area contributed by atoms with Crippen molar-refractivity contribution < 1.29 is 131 Å². The number of nitrogens with two attached hydrogens (primary N) is 1. The van der Waals surface area contributed by atoms with Crippen LogP contribution in [0.5, 0.6) is 40.2 Å². The molecule has 0 bridgehead atoms. The number of nitrogens with zero attached hydrogens (tertiary/aromatic N) is 2. The minimum atomic E-state index is -1.97. The first-order valence-corrected chi connectivity index (χ1v) is 53.5. The summed E-state index contributed by atoms with van der Waals surface area (Å²) >= 11 is 6.33. The molecule has 4 aromatic rings. The van der Waals surface area contributed by atoms with Gasteiger partial charge in [0.15, 0.2) is 34.2 Å². The van der Waals surface area contributed by atoms with Gasteiger partial charge in [0.25, 0.3) is 0 Å². The zero-order valence-electron chi connectivity index (χ0n) is 84.7. The summed E-state index contributed by atoms with van der Waals surface area (Å²) in [6.07, 6.45) is 36.4. The smallest absolute Gasteiger partial charge is 0 e. The zero-order valence-corrected chi connectivity index (χ0v) is 92.1. The molecular formula is C103H173ClN4O19Pt2Si2. The first kappa shape index (κ1) is 133. The van der Waals surface area contributed by atoms with Crippen molar-refractivity contribution in [3.05, 3.63) is 124 Å². The number of carboxylic acid groups (broad SMARTS) is 1. The second-order valence-corrected chi connectivity index (χ2v) is 44.7. The Morgan fingerprint density at radius 2 is 0.824 bits per heavy atom. The number of aromatic hydroxyl groups is 5. The molecule has 5 rings (SSSR count). The Hall–Kier alpha value is -6.47. The van der Waals surface area contributed by atoms with Gasteiger partial charge in [-0.1, -0.05) is 231 Å². The van der Waals surface area contributed by atoms with Crippen LogP contribution in [0.1, 0.15) is 408 Å². The van der Waals surface area contributed by atoms with Crippen LogP contribution in [0.15, 0.2) is 83.8 Å². The van der Waals surface area contributed by atoms with Gasteiger partial charge in [0.05, 0.1) is 40.3 Å². The van der Waals surface area contributed by atoms with E-state index < -0.39 is 23.6 Å². The maximum absolute atomic E-state index is 12.2. The summed E-state index contributed by atoms with van der Waals surface area (Å²) in [6, 6.07) is 17.6. The molecule has 0 aliphatic heterocycles. The van der Waals surface area contributed by atoms with Crippen LogP contribution < -0.4 is 20.0 Å². The molecule has 0 radical (unpaired) electrons. The van der Waals surface area contributed by atoms with Crippen molar-refractivity contribution in [1.82, 2.24) is 4.84 Å². The van der Waals surface area contributed by atoms with Gasteiger partial charge in [-0.05, 0) is 219 Å². The van der Waals surface area contributed by atoms with Gasteiger partial charge in [0.1, 0.15) is 40.2 Å². The van der Waals surface area contributed by atoms with E-state index >= 15 is 0 Å². The fourth-order valence-corrected chi connectivity index (χ4v) is 16.5. The first-order valence-electron chi connectivity index (χ1n) is 46.9. The number of carboxylic acids is 1. The van der Waals surface area contributed by atoms with Gasteiger partial charge in [-0.3, -0.25) is 33.6 Å². The Kier molecular flexibility index (Phi) is 75.9. The molecule has 1 aliphatic rings. The zero-order chi connectivity index (χ0) is 100. The maximum Gasteiger partial charge on any atom is 0 e. The maximum atomic E-state index is 12.2. The van der Waals surface area contributed by atoms with Gasteiger partial charge in [-0.15, -0.1) is 13.2 Å². The molecule has 1 saturated carbocycles. The number of halogens is 1. The molecule has 4 aromatic carbocycles. The first-order chi connectivity index (χ1) is 60.8. The second-order valence-electron chi connectivity index (χ2n) is 38.7. The van der Waals surface area contributed by atoms with E-state index in [0.717, 1.165) is 147 Å².